The lowest BCUT2D eigenvalue weighted by atomic mass is 10.0. The highest BCUT2D eigenvalue weighted by Gasteiger charge is 2.25. The van der Waals surface area contributed by atoms with Crippen molar-refractivity contribution in [2.24, 2.45) is 5.92 Å². The maximum atomic E-state index is 4.07. The fraction of sp³-hybridized carbons (Fsp3) is 0.800. The number of hydrogen-bond acceptors (Lipinski definition) is 2. The highest BCUT2D eigenvalue weighted by molar-refractivity contribution is 5.06. The molecule has 0 aromatic heterocycles. The molecule has 2 heteroatoms. The van der Waals surface area contributed by atoms with Crippen LogP contribution in [-0.4, -0.2) is 31.6 Å². The van der Waals surface area contributed by atoms with Gasteiger partial charge in [0, 0.05) is 25.8 Å². The average Bonchev–Trinajstić information content (AvgIpc) is 2.50. The first-order valence-electron chi connectivity index (χ1n) is 4.74. The zero-order chi connectivity index (χ0) is 9.14. The van der Waals surface area contributed by atoms with Crippen LogP contribution in [-0.2, 0) is 0 Å². The monoisotopic (exact) mass is 168 g/mol. The maximum Gasteiger partial charge on any atom is 0.0468 e. The van der Waals surface area contributed by atoms with Crippen LogP contribution in [0, 0.1) is 5.92 Å². The van der Waals surface area contributed by atoms with E-state index in [2.05, 4.69) is 37.8 Å². The predicted molar refractivity (Wildman–Crippen MR) is 53.0 cm³/mol. The number of nitrogens with one attached hydrogen (secondary N) is 1. The van der Waals surface area contributed by atoms with Crippen LogP contribution in [0.25, 0.3) is 0 Å². The van der Waals surface area contributed by atoms with Crippen molar-refractivity contribution in [1.82, 2.24) is 10.2 Å². The zero-order valence-electron chi connectivity index (χ0n) is 8.43. The first-order valence-corrected chi connectivity index (χ1v) is 4.74. The Morgan fingerprint density at radius 1 is 1.58 bits per heavy atom. The Kier molecular flexibility index (Phi) is 3.15. The average molecular weight is 168 g/mol. The van der Waals surface area contributed by atoms with Gasteiger partial charge in [0.1, 0.15) is 0 Å². The minimum Gasteiger partial charge on any atom is -0.380 e. The van der Waals surface area contributed by atoms with E-state index in [1.807, 2.05) is 0 Å². The molecule has 1 rings (SSSR count). The number of nitrogens with zero attached hydrogens (tertiary/aromatic N) is 1. The van der Waals surface area contributed by atoms with Crippen LogP contribution < -0.4 is 5.32 Å². The summed E-state index contributed by atoms with van der Waals surface area (Å²) in [6.45, 7) is 7.49. The van der Waals surface area contributed by atoms with Gasteiger partial charge in [-0.3, -0.25) is 0 Å². The first kappa shape index (κ1) is 9.59. The molecule has 0 radical (unpaired) electrons. The van der Waals surface area contributed by atoms with Crippen LogP contribution in [0.2, 0.25) is 0 Å². The summed E-state index contributed by atoms with van der Waals surface area (Å²) in [4.78, 5) is 2.11. The standard InChI is InChI=1S/C10H20N2/c1-5-9-6-10(11-7-9)8(2)12(3)4/h9-11H,2,5-7H2,1,3-4H3. The fourth-order valence-corrected chi connectivity index (χ4v) is 1.69. The van der Waals surface area contributed by atoms with Crippen molar-refractivity contribution in [3.8, 4) is 0 Å². The second-order valence-corrected chi connectivity index (χ2v) is 3.86. The Hall–Kier alpha value is -0.500. The van der Waals surface area contributed by atoms with E-state index in [-0.39, 0.29) is 0 Å². The van der Waals surface area contributed by atoms with Crippen molar-refractivity contribution in [1.29, 1.82) is 0 Å². The molecule has 2 nitrogen and oxygen atoms in total. The van der Waals surface area contributed by atoms with Gasteiger partial charge in [0.05, 0.1) is 0 Å². The van der Waals surface area contributed by atoms with Gasteiger partial charge in [-0.2, -0.15) is 0 Å². The number of hydrogen-bond donors (Lipinski definition) is 1. The van der Waals surface area contributed by atoms with Crippen LogP contribution in [0.15, 0.2) is 12.3 Å². The van der Waals surface area contributed by atoms with Gasteiger partial charge in [0.15, 0.2) is 0 Å². The fourth-order valence-electron chi connectivity index (χ4n) is 1.69. The predicted octanol–water partition coefficient (Wildman–Crippen LogP) is 1.45. The first-order chi connectivity index (χ1) is 5.65. The highest BCUT2D eigenvalue weighted by atomic mass is 15.1. The minimum absolute atomic E-state index is 0.518. The lowest BCUT2D eigenvalue weighted by Crippen LogP contribution is -2.30. The quantitative estimate of drug-likeness (QED) is 0.686. The van der Waals surface area contributed by atoms with E-state index in [1.165, 1.54) is 18.5 Å². The molecule has 0 aliphatic carbocycles. The van der Waals surface area contributed by atoms with Crippen molar-refractivity contribution in [2.45, 2.75) is 25.8 Å². The summed E-state index contributed by atoms with van der Waals surface area (Å²) in [5.74, 6) is 0.853. The lowest BCUT2D eigenvalue weighted by Gasteiger charge is -2.21. The highest BCUT2D eigenvalue weighted by Crippen LogP contribution is 2.21. The SMILES string of the molecule is C=C(C1CC(CC)CN1)N(C)C. The molecule has 1 aliphatic heterocycles. The molecule has 0 amide bonds. The Morgan fingerprint density at radius 2 is 2.25 bits per heavy atom. The largest absolute Gasteiger partial charge is 0.380 e. The molecular formula is C10H20N2. The molecule has 0 aromatic carbocycles. The van der Waals surface area contributed by atoms with Crippen LogP contribution >= 0.6 is 0 Å². The summed E-state index contributed by atoms with van der Waals surface area (Å²) >= 11 is 0. The second kappa shape index (κ2) is 3.94. The molecule has 0 spiro atoms. The van der Waals surface area contributed by atoms with Crippen LogP contribution in [0.1, 0.15) is 19.8 Å². The van der Waals surface area contributed by atoms with E-state index in [1.54, 1.807) is 0 Å². The van der Waals surface area contributed by atoms with E-state index in [0.717, 1.165) is 12.5 Å². The smallest absolute Gasteiger partial charge is 0.0468 e. The molecule has 2 atom stereocenters. The zero-order valence-corrected chi connectivity index (χ0v) is 8.43. The Bertz CT molecular complexity index is 163. The molecule has 0 aromatic rings. The van der Waals surface area contributed by atoms with Gasteiger partial charge >= 0.3 is 0 Å². The summed E-state index contributed by atoms with van der Waals surface area (Å²) in [5, 5.41) is 3.50. The molecule has 1 N–H and O–H groups in total. The Balaban J connectivity index is 2.41. The van der Waals surface area contributed by atoms with E-state index in [4.69, 9.17) is 0 Å². The molecule has 1 saturated heterocycles. The Labute approximate surface area is 75.6 Å². The van der Waals surface area contributed by atoms with Gasteiger partial charge in [-0.25, -0.2) is 0 Å². The van der Waals surface area contributed by atoms with Gasteiger partial charge in [-0.05, 0) is 18.9 Å². The maximum absolute atomic E-state index is 4.07. The summed E-state index contributed by atoms with van der Waals surface area (Å²) in [7, 11) is 4.12. The molecule has 0 bridgehead atoms. The molecule has 0 saturated carbocycles. The summed E-state index contributed by atoms with van der Waals surface area (Å²) in [6, 6.07) is 0.518. The molecule has 1 heterocycles. The third-order valence-electron chi connectivity index (χ3n) is 2.78. The van der Waals surface area contributed by atoms with Crippen LogP contribution in [0.4, 0.5) is 0 Å². The van der Waals surface area contributed by atoms with Gasteiger partial charge in [0.25, 0.3) is 0 Å². The molecule has 1 aliphatic rings. The van der Waals surface area contributed by atoms with E-state index in [9.17, 15) is 0 Å². The normalized spacial score (nSPS) is 28.9. The minimum atomic E-state index is 0.518. The van der Waals surface area contributed by atoms with Crippen molar-refractivity contribution in [2.75, 3.05) is 20.6 Å². The molecule has 70 valence electrons. The van der Waals surface area contributed by atoms with Crippen molar-refractivity contribution < 1.29 is 0 Å². The third kappa shape index (κ3) is 2.01. The molecule has 12 heavy (non-hydrogen) atoms. The molecular weight excluding hydrogens is 148 g/mol. The van der Waals surface area contributed by atoms with Crippen LogP contribution in [0.3, 0.4) is 0 Å². The summed E-state index contributed by atoms with van der Waals surface area (Å²) in [6.07, 6.45) is 2.54. The summed E-state index contributed by atoms with van der Waals surface area (Å²) < 4.78 is 0. The topological polar surface area (TPSA) is 15.3 Å². The van der Waals surface area contributed by atoms with Gasteiger partial charge in [-0.15, -0.1) is 0 Å². The number of rotatable bonds is 3. The molecule has 1 fully saturated rings. The lowest BCUT2D eigenvalue weighted by molar-refractivity contribution is 0.441. The number of likely N-dealkylation sites (N-methyl/N-ethyl adjacent to an activating group) is 1. The summed E-state index contributed by atoms with van der Waals surface area (Å²) in [5.41, 5.74) is 1.21. The second-order valence-electron chi connectivity index (χ2n) is 3.86. The van der Waals surface area contributed by atoms with Crippen molar-refractivity contribution >= 4 is 0 Å². The third-order valence-corrected chi connectivity index (χ3v) is 2.78. The van der Waals surface area contributed by atoms with Gasteiger partial charge < -0.3 is 10.2 Å². The van der Waals surface area contributed by atoms with Crippen LogP contribution in [0.5, 0.6) is 0 Å². The van der Waals surface area contributed by atoms with Gasteiger partial charge in [0.2, 0.25) is 0 Å². The van der Waals surface area contributed by atoms with E-state index < -0.39 is 0 Å². The Morgan fingerprint density at radius 3 is 2.67 bits per heavy atom. The van der Waals surface area contributed by atoms with Crippen molar-refractivity contribution in [3.63, 3.8) is 0 Å². The van der Waals surface area contributed by atoms with E-state index >= 15 is 0 Å². The van der Waals surface area contributed by atoms with E-state index in [0.29, 0.717) is 6.04 Å². The van der Waals surface area contributed by atoms with Gasteiger partial charge in [-0.1, -0.05) is 19.9 Å². The van der Waals surface area contributed by atoms with Crippen molar-refractivity contribution in [3.05, 3.63) is 12.3 Å². The molecule has 2 unspecified atom stereocenters.